The Balaban J connectivity index is 2.75. The normalized spacial score (nSPS) is 22.5. The molecule has 0 aromatic carbocycles. The average Bonchev–Trinajstić information content (AvgIpc) is 2.13. The van der Waals surface area contributed by atoms with Crippen LogP contribution in [0.4, 0.5) is 17.7 Å². The summed E-state index contributed by atoms with van der Waals surface area (Å²) in [6, 6.07) is 0. The molecule has 1 saturated heterocycles. The number of rotatable bonds is 1. The van der Waals surface area contributed by atoms with Gasteiger partial charge >= 0.3 is 13.1 Å². The Bertz CT molecular complexity index is 288. The molecule has 17 heavy (non-hydrogen) atoms. The zero-order chi connectivity index (χ0) is 13.3. The number of likely N-dealkylation sites (tertiary alicyclic amines) is 1. The number of ether oxygens (including phenoxy) is 1. The summed E-state index contributed by atoms with van der Waals surface area (Å²) in [4.78, 5) is 12.5. The molecule has 1 fully saturated rings. The van der Waals surface area contributed by atoms with Crippen molar-refractivity contribution in [2.75, 3.05) is 6.54 Å². The lowest BCUT2D eigenvalue weighted by Crippen LogP contribution is -2.55. The second-order valence-electron chi connectivity index (χ2n) is 5.36. The van der Waals surface area contributed by atoms with Crippen molar-refractivity contribution in [2.45, 2.75) is 51.6 Å². The molecule has 1 aliphatic rings. The highest BCUT2D eigenvalue weighted by atomic mass is 19.4. The molecule has 1 heterocycles. The molecule has 0 radical (unpaired) electrons. The van der Waals surface area contributed by atoms with Crippen LogP contribution in [0.5, 0.6) is 0 Å². The fourth-order valence-corrected chi connectivity index (χ4v) is 1.90. The van der Waals surface area contributed by atoms with Gasteiger partial charge in [0.05, 0.1) is 0 Å². The van der Waals surface area contributed by atoms with Gasteiger partial charge in [-0.15, -0.1) is 0 Å². The summed E-state index contributed by atoms with van der Waals surface area (Å²) in [6.07, 6.45) is 0.233. The zero-order valence-electron chi connectivity index (χ0n) is 10.4. The van der Waals surface area contributed by atoms with Crippen molar-refractivity contribution >= 4 is 13.1 Å². The van der Waals surface area contributed by atoms with Crippen LogP contribution in [-0.4, -0.2) is 36.1 Å². The van der Waals surface area contributed by atoms with Crippen LogP contribution in [0, 0.1) is 0 Å². The number of hydrogen-bond donors (Lipinski definition) is 0. The third-order valence-corrected chi connectivity index (χ3v) is 2.61. The Morgan fingerprint density at radius 2 is 1.88 bits per heavy atom. The first-order valence-corrected chi connectivity index (χ1v) is 5.81. The lowest BCUT2D eigenvalue weighted by molar-refractivity contribution is 0.0138. The molecule has 0 aromatic rings. The molecule has 1 atom stereocenters. The third-order valence-electron chi connectivity index (χ3n) is 2.61. The van der Waals surface area contributed by atoms with E-state index in [0.717, 1.165) is 4.90 Å². The van der Waals surface area contributed by atoms with Crippen molar-refractivity contribution < 1.29 is 22.5 Å². The molecule has 0 spiro atoms. The van der Waals surface area contributed by atoms with Gasteiger partial charge in [0.1, 0.15) is 5.60 Å². The highest BCUT2D eigenvalue weighted by molar-refractivity contribution is 6.60. The van der Waals surface area contributed by atoms with E-state index in [0.29, 0.717) is 12.8 Å². The Morgan fingerprint density at radius 3 is 2.35 bits per heavy atom. The van der Waals surface area contributed by atoms with Crippen molar-refractivity contribution in [3.05, 3.63) is 0 Å². The summed E-state index contributed by atoms with van der Waals surface area (Å²) < 4.78 is 43.4. The van der Waals surface area contributed by atoms with Crippen LogP contribution in [-0.2, 0) is 4.74 Å². The van der Waals surface area contributed by atoms with E-state index in [2.05, 4.69) is 0 Å². The summed E-state index contributed by atoms with van der Waals surface area (Å²) in [5.41, 5.74) is -0.766. The smallest absolute Gasteiger partial charge is 0.448 e. The molecular formula is C10H18BF3NO2-. The van der Waals surface area contributed by atoms with Gasteiger partial charge in [-0.25, -0.2) is 4.79 Å². The Kier molecular flexibility index (Phi) is 3.99. The van der Waals surface area contributed by atoms with E-state index in [-0.39, 0.29) is 13.0 Å². The van der Waals surface area contributed by atoms with Gasteiger partial charge < -0.3 is 22.6 Å². The topological polar surface area (TPSA) is 29.5 Å². The molecule has 100 valence electrons. The van der Waals surface area contributed by atoms with Gasteiger partial charge in [0, 0.05) is 12.5 Å². The van der Waals surface area contributed by atoms with Gasteiger partial charge in [0.2, 0.25) is 0 Å². The fourth-order valence-electron chi connectivity index (χ4n) is 1.90. The zero-order valence-corrected chi connectivity index (χ0v) is 10.4. The molecule has 1 rings (SSSR count). The monoisotopic (exact) mass is 252 g/mol. The maximum absolute atomic E-state index is 12.8. The first-order chi connectivity index (χ1) is 7.61. The Labute approximate surface area is 99.4 Å². The quantitative estimate of drug-likeness (QED) is 0.671. The molecule has 0 bridgehead atoms. The minimum atomic E-state index is -5.03. The van der Waals surface area contributed by atoms with Gasteiger partial charge in [-0.05, 0) is 27.2 Å². The maximum atomic E-state index is 12.8. The summed E-state index contributed by atoms with van der Waals surface area (Å²) in [6.45, 7) is 0.0179. The average molecular weight is 252 g/mol. The number of hydrogen-bond acceptors (Lipinski definition) is 2. The SMILES string of the molecule is CC(C)(C)OC(=O)N1CCCCC1[B-](F)(F)F. The Morgan fingerprint density at radius 1 is 1.29 bits per heavy atom. The summed E-state index contributed by atoms with van der Waals surface area (Å²) in [5.74, 6) is -1.64. The van der Waals surface area contributed by atoms with Crippen LogP contribution >= 0.6 is 0 Å². The second-order valence-corrected chi connectivity index (χ2v) is 5.36. The predicted octanol–water partition coefficient (Wildman–Crippen LogP) is 3.16. The lowest BCUT2D eigenvalue weighted by atomic mass is 9.73. The number of carbonyl (C=O) groups is 1. The number of nitrogens with zero attached hydrogens (tertiary/aromatic N) is 1. The van der Waals surface area contributed by atoms with Gasteiger partial charge in [0.15, 0.2) is 0 Å². The van der Waals surface area contributed by atoms with Crippen LogP contribution in [0.3, 0.4) is 0 Å². The largest absolute Gasteiger partial charge is 0.500 e. The van der Waals surface area contributed by atoms with E-state index in [9.17, 15) is 17.7 Å². The van der Waals surface area contributed by atoms with Crippen LogP contribution in [0.15, 0.2) is 0 Å². The summed E-state index contributed by atoms with van der Waals surface area (Å²) >= 11 is 0. The van der Waals surface area contributed by atoms with E-state index in [1.165, 1.54) is 0 Å². The number of piperidine rings is 1. The van der Waals surface area contributed by atoms with Crippen LogP contribution in [0.2, 0.25) is 0 Å². The molecule has 1 amide bonds. The van der Waals surface area contributed by atoms with Crippen molar-refractivity contribution in [1.29, 1.82) is 0 Å². The van der Waals surface area contributed by atoms with Gasteiger partial charge in [-0.3, -0.25) is 0 Å². The number of halogens is 3. The van der Waals surface area contributed by atoms with Gasteiger partial charge in [0.25, 0.3) is 0 Å². The minimum Gasteiger partial charge on any atom is -0.448 e. The number of amides is 1. The van der Waals surface area contributed by atoms with Crippen molar-refractivity contribution in [3.63, 3.8) is 0 Å². The standard InChI is InChI=1S/C10H18BF3NO2/c1-10(2,3)17-9(16)15-7-5-4-6-8(15)11(12,13)14/h8H,4-7H2,1-3H3/q-1. The highest BCUT2D eigenvalue weighted by Crippen LogP contribution is 2.29. The molecule has 0 saturated carbocycles. The fraction of sp³-hybridized carbons (Fsp3) is 0.900. The van der Waals surface area contributed by atoms with Gasteiger partial charge in [-0.2, -0.15) is 0 Å². The van der Waals surface area contributed by atoms with Crippen molar-refractivity contribution in [3.8, 4) is 0 Å². The molecule has 0 aromatic heterocycles. The molecule has 0 N–H and O–H groups in total. The van der Waals surface area contributed by atoms with E-state index >= 15 is 0 Å². The van der Waals surface area contributed by atoms with Crippen LogP contribution in [0.25, 0.3) is 0 Å². The first kappa shape index (κ1) is 14.2. The molecule has 7 heteroatoms. The summed E-state index contributed by atoms with van der Waals surface area (Å²) in [5, 5.41) is 0. The first-order valence-electron chi connectivity index (χ1n) is 5.81. The van der Waals surface area contributed by atoms with Crippen LogP contribution < -0.4 is 0 Å². The van der Waals surface area contributed by atoms with E-state index < -0.39 is 24.6 Å². The minimum absolute atomic E-state index is 0.0112. The second kappa shape index (κ2) is 4.78. The lowest BCUT2D eigenvalue weighted by Gasteiger charge is -2.41. The van der Waals surface area contributed by atoms with E-state index in [4.69, 9.17) is 4.74 Å². The highest BCUT2D eigenvalue weighted by Gasteiger charge is 2.43. The van der Waals surface area contributed by atoms with Crippen molar-refractivity contribution in [2.24, 2.45) is 0 Å². The third kappa shape index (κ3) is 4.13. The van der Waals surface area contributed by atoms with Gasteiger partial charge in [-0.1, -0.05) is 12.8 Å². The molecule has 1 unspecified atom stereocenters. The van der Waals surface area contributed by atoms with Crippen LogP contribution in [0.1, 0.15) is 40.0 Å². The molecular weight excluding hydrogens is 234 g/mol. The summed E-state index contributed by atoms with van der Waals surface area (Å²) in [7, 11) is 0. The predicted molar refractivity (Wildman–Crippen MR) is 59.7 cm³/mol. The van der Waals surface area contributed by atoms with Crippen molar-refractivity contribution in [1.82, 2.24) is 4.90 Å². The number of carbonyl (C=O) groups excluding carboxylic acids is 1. The molecule has 0 aliphatic carbocycles. The maximum Gasteiger partial charge on any atom is 0.500 e. The molecule has 3 nitrogen and oxygen atoms in total. The van der Waals surface area contributed by atoms with E-state index in [1.807, 2.05) is 0 Å². The molecule has 1 aliphatic heterocycles. The Hall–Kier alpha value is -0.875. The van der Waals surface area contributed by atoms with E-state index in [1.54, 1.807) is 20.8 Å².